The molecule has 6 heteroatoms. The molecule has 0 unspecified atom stereocenters. The van der Waals surface area contributed by atoms with Crippen LogP contribution in [0.15, 0.2) is 5.16 Å². The molecule has 1 rings (SSSR count). The first-order chi connectivity index (χ1) is 7.60. The Hall–Kier alpha value is -1.04. The number of nitrogens with zero attached hydrogens (tertiary/aromatic N) is 3. The minimum absolute atomic E-state index is 0.248. The van der Waals surface area contributed by atoms with E-state index in [1.54, 1.807) is 0 Å². The average molecular weight is 243 g/mol. The van der Waals surface area contributed by atoms with Crippen LogP contribution in [0.25, 0.3) is 0 Å². The van der Waals surface area contributed by atoms with Crippen molar-refractivity contribution in [2.45, 2.75) is 38.4 Å². The fourth-order valence-electron chi connectivity index (χ4n) is 1.31. The summed E-state index contributed by atoms with van der Waals surface area (Å²) in [5.74, 6) is 1.31. The average Bonchev–Trinajstić information content (AvgIpc) is 2.68. The van der Waals surface area contributed by atoms with E-state index in [1.165, 1.54) is 18.9 Å². The predicted molar refractivity (Wildman–Crippen MR) is 62.5 cm³/mol. The Morgan fingerprint density at radius 1 is 1.50 bits per heavy atom. The molecule has 0 saturated heterocycles. The topological polar surface area (TPSA) is 57.0 Å². The highest BCUT2D eigenvalue weighted by Gasteiger charge is 2.14. The molecule has 0 atom stereocenters. The van der Waals surface area contributed by atoms with Crippen molar-refractivity contribution in [1.82, 2.24) is 14.8 Å². The summed E-state index contributed by atoms with van der Waals surface area (Å²) in [6, 6.07) is 0. The Labute approximate surface area is 99.6 Å². The van der Waals surface area contributed by atoms with Gasteiger partial charge in [-0.3, -0.25) is 4.79 Å². The van der Waals surface area contributed by atoms with Gasteiger partial charge in [0.2, 0.25) is 0 Å². The largest absolute Gasteiger partial charge is 0.468 e. The van der Waals surface area contributed by atoms with Crippen LogP contribution in [0.5, 0.6) is 0 Å². The van der Waals surface area contributed by atoms with Crippen molar-refractivity contribution in [2.24, 2.45) is 0 Å². The van der Waals surface area contributed by atoms with Gasteiger partial charge in [0.15, 0.2) is 5.16 Å². The zero-order valence-electron chi connectivity index (χ0n) is 10.1. The maximum Gasteiger partial charge on any atom is 0.316 e. The number of methoxy groups -OCH3 is 1. The molecule has 5 nitrogen and oxygen atoms in total. The van der Waals surface area contributed by atoms with E-state index in [0.717, 1.165) is 17.5 Å². The number of rotatable bonds is 5. The molecule has 1 heterocycles. The van der Waals surface area contributed by atoms with Gasteiger partial charge in [0.1, 0.15) is 5.82 Å². The molecule has 1 aromatic heterocycles. The summed E-state index contributed by atoms with van der Waals surface area (Å²) in [4.78, 5) is 11.0. The van der Waals surface area contributed by atoms with Gasteiger partial charge in [0, 0.05) is 12.5 Å². The number of hydrogen-bond donors (Lipinski definition) is 0. The molecule has 0 amide bonds. The smallest absolute Gasteiger partial charge is 0.316 e. The Kier molecular flexibility index (Phi) is 4.79. The van der Waals surface area contributed by atoms with E-state index in [-0.39, 0.29) is 11.7 Å². The highest BCUT2D eigenvalue weighted by Crippen LogP contribution is 2.21. The summed E-state index contributed by atoms with van der Waals surface area (Å²) in [6.07, 6.45) is 0. The van der Waals surface area contributed by atoms with Crippen molar-refractivity contribution in [3.63, 3.8) is 0 Å². The van der Waals surface area contributed by atoms with Crippen LogP contribution >= 0.6 is 11.8 Å². The first-order valence-electron chi connectivity index (χ1n) is 5.22. The minimum atomic E-state index is -0.248. The molecule has 0 bridgehead atoms. The summed E-state index contributed by atoms with van der Waals surface area (Å²) < 4.78 is 6.61. The number of carbonyl (C=O) groups is 1. The molecular formula is C10H17N3O2S. The fraction of sp³-hybridized carbons (Fsp3) is 0.700. The van der Waals surface area contributed by atoms with Crippen molar-refractivity contribution in [3.8, 4) is 0 Å². The molecule has 0 saturated carbocycles. The van der Waals surface area contributed by atoms with Crippen LogP contribution in [0, 0.1) is 0 Å². The minimum Gasteiger partial charge on any atom is -0.468 e. The number of thioether (sulfide) groups is 1. The highest BCUT2D eigenvalue weighted by molar-refractivity contribution is 7.99. The van der Waals surface area contributed by atoms with Crippen molar-refractivity contribution >= 4 is 17.7 Å². The highest BCUT2D eigenvalue weighted by atomic mass is 32.2. The van der Waals surface area contributed by atoms with E-state index in [4.69, 9.17) is 0 Å². The van der Waals surface area contributed by atoms with Crippen LogP contribution in [-0.4, -0.2) is 33.6 Å². The summed E-state index contributed by atoms with van der Waals surface area (Å²) in [5, 5.41) is 8.99. The molecule has 0 aromatic carbocycles. The number of carbonyl (C=O) groups excluding carboxylic acids is 1. The first kappa shape index (κ1) is 13.0. The normalized spacial score (nSPS) is 10.8. The second-order valence-electron chi connectivity index (χ2n) is 3.60. The van der Waals surface area contributed by atoms with E-state index in [0.29, 0.717) is 5.92 Å². The van der Waals surface area contributed by atoms with E-state index >= 15 is 0 Å². The lowest BCUT2D eigenvalue weighted by Gasteiger charge is -2.08. The third kappa shape index (κ3) is 2.98. The van der Waals surface area contributed by atoms with Crippen LogP contribution < -0.4 is 0 Å². The van der Waals surface area contributed by atoms with Crippen molar-refractivity contribution < 1.29 is 9.53 Å². The van der Waals surface area contributed by atoms with Gasteiger partial charge in [-0.1, -0.05) is 25.6 Å². The standard InChI is InChI=1S/C10H17N3O2S/c1-5-13-9(7(2)3)11-12-10(13)16-6-8(14)15-4/h7H,5-6H2,1-4H3. The summed E-state index contributed by atoms with van der Waals surface area (Å²) >= 11 is 1.36. The monoisotopic (exact) mass is 243 g/mol. The zero-order chi connectivity index (χ0) is 12.1. The van der Waals surface area contributed by atoms with Crippen molar-refractivity contribution in [1.29, 1.82) is 0 Å². The van der Waals surface area contributed by atoms with Crippen molar-refractivity contribution in [3.05, 3.63) is 5.82 Å². The third-order valence-electron chi connectivity index (χ3n) is 2.12. The van der Waals surface area contributed by atoms with Crippen molar-refractivity contribution in [2.75, 3.05) is 12.9 Å². The molecule has 90 valence electrons. The van der Waals surface area contributed by atoms with Crippen LogP contribution in [0.4, 0.5) is 0 Å². The Bertz CT molecular complexity index is 363. The van der Waals surface area contributed by atoms with E-state index < -0.39 is 0 Å². The molecule has 16 heavy (non-hydrogen) atoms. The molecule has 0 spiro atoms. The molecule has 0 N–H and O–H groups in total. The Morgan fingerprint density at radius 3 is 2.69 bits per heavy atom. The SMILES string of the molecule is CCn1c(SCC(=O)OC)nnc1C(C)C. The van der Waals surface area contributed by atoms with Gasteiger partial charge in [-0.25, -0.2) is 0 Å². The summed E-state index contributed by atoms with van der Waals surface area (Å²) in [7, 11) is 1.38. The first-order valence-corrected chi connectivity index (χ1v) is 6.21. The molecule has 0 aliphatic carbocycles. The van der Waals surface area contributed by atoms with Gasteiger partial charge in [0.25, 0.3) is 0 Å². The molecule has 0 radical (unpaired) electrons. The predicted octanol–water partition coefficient (Wildman–Crippen LogP) is 1.69. The van der Waals surface area contributed by atoms with Gasteiger partial charge >= 0.3 is 5.97 Å². The molecule has 0 aliphatic heterocycles. The lowest BCUT2D eigenvalue weighted by atomic mass is 10.2. The van der Waals surface area contributed by atoms with E-state index in [1.807, 2.05) is 11.5 Å². The zero-order valence-corrected chi connectivity index (χ0v) is 10.9. The van der Waals surface area contributed by atoms with Gasteiger partial charge in [-0.2, -0.15) is 0 Å². The van der Waals surface area contributed by atoms with Gasteiger partial charge in [0.05, 0.1) is 12.9 Å². The maximum atomic E-state index is 11.0. The van der Waals surface area contributed by atoms with Crippen LogP contribution in [0.2, 0.25) is 0 Å². The summed E-state index contributed by atoms with van der Waals surface area (Å²) in [5.41, 5.74) is 0. The molecule has 1 aromatic rings. The molecular weight excluding hydrogens is 226 g/mol. The lowest BCUT2D eigenvalue weighted by molar-refractivity contribution is -0.137. The van der Waals surface area contributed by atoms with E-state index in [9.17, 15) is 4.79 Å². The fourth-order valence-corrected chi connectivity index (χ4v) is 2.16. The van der Waals surface area contributed by atoms with Gasteiger partial charge in [-0.05, 0) is 6.92 Å². The second-order valence-corrected chi connectivity index (χ2v) is 4.55. The quantitative estimate of drug-likeness (QED) is 0.582. The second kappa shape index (κ2) is 5.89. The number of esters is 1. The van der Waals surface area contributed by atoms with Crippen LogP contribution in [-0.2, 0) is 16.1 Å². The Morgan fingerprint density at radius 2 is 2.19 bits per heavy atom. The number of hydrogen-bond acceptors (Lipinski definition) is 5. The van der Waals surface area contributed by atoms with Gasteiger partial charge < -0.3 is 9.30 Å². The molecule has 0 fully saturated rings. The lowest BCUT2D eigenvalue weighted by Crippen LogP contribution is -2.07. The summed E-state index contributed by atoms with van der Waals surface area (Å²) in [6.45, 7) is 7.00. The molecule has 0 aliphatic rings. The third-order valence-corrected chi connectivity index (χ3v) is 3.07. The van der Waals surface area contributed by atoms with Gasteiger partial charge in [-0.15, -0.1) is 10.2 Å². The maximum absolute atomic E-state index is 11.0. The number of aromatic nitrogens is 3. The number of ether oxygens (including phenoxy) is 1. The Balaban J connectivity index is 2.77. The van der Waals surface area contributed by atoms with Crippen LogP contribution in [0.3, 0.4) is 0 Å². The van der Waals surface area contributed by atoms with Crippen LogP contribution in [0.1, 0.15) is 32.5 Å². The van der Waals surface area contributed by atoms with E-state index in [2.05, 4.69) is 28.8 Å².